The molecular weight excluding hydrogens is 228 g/mol. The first kappa shape index (κ1) is 11.5. The third-order valence-electron chi connectivity index (χ3n) is 3.55. The molecule has 1 heterocycles. The van der Waals surface area contributed by atoms with Crippen molar-refractivity contribution >= 4 is 16.8 Å². The molecule has 1 fully saturated rings. The van der Waals surface area contributed by atoms with Crippen LogP contribution in [0.25, 0.3) is 11.1 Å². The number of hydrogen-bond donors (Lipinski definition) is 1. The van der Waals surface area contributed by atoms with Gasteiger partial charge in [-0.3, -0.25) is 0 Å². The van der Waals surface area contributed by atoms with Crippen molar-refractivity contribution in [3.63, 3.8) is 0 Å². The van der Waals surface area contributed by atoms with Gasteiger partial charge in [0, 0.05) is 13.0 Å². The quantitative estimate of drug-likeness (QED) is 0.843. The van der Waals surface area contributed by atoms with Gasteiger partial charge in [0.05, 0.1) is 11.8 Å². The highest BCUT2D eigenvalue weighted by Gasteiger charge is 2.30. The van der Waals surface area contributed by atoms with Crippen LogP contribution in [0.15, 0.2) is 22.6 Å². The Morgan fingerprint density at radius 1 is 1.44 bits per heavy atom. The summed E-state index contributed by atoms with van der Waals surface area (Å²) in [4.78, 5) is 4.47. The number of rotatable bonds is 4. The maximum absolute atomic E-state index is 5.87. The second kappa shape index (κ2) is 4.61. The van der Waals surface area contributed by atoms with E-state index < -0.39 is 0 Å². The van der Waals surface area contributed by atoms with Crippen LogP contribution in [0.2, 0.25) is 0 Å². The number of ether oxygens (including phenoxy) is 1. The monoisotopic (exact) mass is 246 g/mol. The first-order valence-electron chi connectivity index (χ1n) is 6.51. The Bertz CT molecular complexity index is 544. The number of nitrogens with zero attached hydrogens (tertiary/aromatic N) is 1. The zero-order chi connectivity index (χ0) is 12.5. The molecule has 1 aliphatic carbocycles. The molecule has 0 spiro atoms. The van der Waals surface area contributed by atoms with Crippen molar-refractivity contribution in [1.29, 1.82) is 0 Å². The minimum absolute atomic E-state index is 0.439. The number of hydrogen-bond acceptors (Lipinski definition) is 4. The molecule has 4 heteroatoms. The Morgan fingerprint density at radius 3 is 3.00 bits per heavy atom. The second-order valence-corrected chi connectivity index (χ2v) is 4.92. The van der Waals surface area contributed by atoms with E-state index in [1.54, 1.807) is 0 Å². The van der Waals surface area contributed by atoms with Crippen LogP contribution in [0, 0.1) is 5.92 Å². The van der Waals surface area contributed by atoms with Crippen molar-refractivity contribution in [3.05, 3.63) is 24.1 Å². The topological polar surface area (TPSA) is 61.3 Å². The van der Waals surface area contributed by atoms with Crippen LogP contribution < -0.4 is 5.73 Å². The molecular formula is C14H18N2O2. The number of anilines is 1. The zero-order valence-electron chi connectivity index (χ0n) is 10.6. The lowest BCUT2D eigenvalue weighted by atomic mass is 9.80. The summed E-state index contributed by atoms with van der Waals surface area (Å²) in [6.45, 7) is 2.84. The second-order valence-electron chi connectivity index (χ2n) is 4.92. The van der Waals surface area contributed by atoms with Crippen LogP contribution in [0.1, 0.15) is 25.7 Å². The SMILES string of the molecule is CCOC1CC(Cc2nc3c(N)cccc3o2)C1. The van der Waals surface area contributed by atoms with Gasteiger partial charge in [0.1, 0.15) is 5.52 Å². The predicted octanol–water partition coefficient (Wildman–Crippen LogP) is 2.77. The normalized spacial score (nSPS) is 23.2. The lowest BCUT2D eigenvalue weighted by molar-refractivity contribution is -0.0254. The first-order valence-corrected chi connectivity index (χ1v) is 6.51. The summed E-state index contributed by atoms with van der Waals surface area (Å²) < 4.78 is 11.3. The number of oxazole rings is 1. The first-order chi connectivity index (χ1) is 8.76. The minimum Gasteiger partial charge on any atom is -0.441 e. The molecule has 18 heavy (non-hydrogen) atoms. The molecule has 3 rings (SSSR count). The fraction of sp³-hybridized carbons (Fsp3) is 0.500. The average molecular weight is 246 g/mol. The maximum atomic E-state index is 5.87. The number of benzene rings is 1. The summed E-state index contributed by atoms with van der Waals surface area (Å²) in [7, 11) is 0. The molecule has 2 aromatic rings. The molecule has 0 amide bonds. The van der Waals surface area contributed by atoms with Crippen molar-refractivity contribution in [2.24, 2.45) is 5.92 Å². The Hall–Kier alpha value is -1.55. The van der Waals surface area contributed by atoms with Crippen molar-refractivity contribution < 1.29 is 9.15 Å². The van der Waals surface area contributed by atoms with Crippen molar-refractivity contribution in [2.75, 3.05) is 12.3 Å². The lowest BCUT2D eigenvalue weighted by Crippen LogP contribution is -2.32. The molecule has 1 saturated carbocycles. The van der Waals surface area contributed by atoms with Crippen LogP contribution >= 0.6 is 0 Å². The van der Waals surface area contributed by atoms with Crippen LogP contribution in [-0.2, 0) is 11.2 Å². The number of nitrogen functional groups attached to an aromatic ring is 1. The fourth-order valence-corrected chi connectivity index (χ4v) is 2.56. The van der Waals surface area contributed by atoms with E-state index in [-0.39, 0.29) is 0 Å². The van der Waals surface area contributed by atoms with Gasteiger partial charge in [-0.05, 0) is 37.8 Å². The summed E-state index contributed by atoms with van der Waals surface area (Å²) >= 11 is 0. The van der Waals surface area contributed by atoms with E-state index in [4.69, 9.17) is 14.9 Å². The molecule has 2 N–H and O–H groups in total. The highest BCUT2D eigenvalue weighted by Crippen LogP contribution is 2.33. The van der Waals surface area contributed by atoms with Crippen LogP contribution in [0.4, 0.5) is 5.69 Å². The largest absolute Gasteiger partial charge is 0.441 e. The van der Waals surface area contributed by atoms with Gasteiger partial charge in [0.15, 0.2) is 11.5 Å². The number of fused-ring (bicyclic) bond motifs is 1. The highest BCUT2D eigenvalue weighted by atomic mass is 16.5. The number of para-hydroxylation sites is 1. The van der Waals surface area contributed by atoms with Gasteiger partial charge in [-0.1, -0.05) is 6.07 Å². The Morgan fingerprint density at radius 2 is 2.28 bits per heavy atom. The molecule has 0 unspecified atom stereocenters. The van der Waals surface area contributed by atoms with Crippen LogP contribution in [0.5, 0.6) is 0 Å². The maximum Gasteiger partial charge on any atom is 0.195 e. The van der Waals surface area contributed by atoms with Gasteiger partial charge in [0.25, 0.3) is 0 Å². The molecule has 1 aromatic heterocycles. The van der Waals surface area contributed by atoms with Gasteiger partial charge in [-0.15, -0.1) is 0 Å². The summed E-state index contributed by atoms with van der Waals surface area (Å²) in [6.07, 6.45) is 3.55. The molecule has 0 aliphatic heterocycles. The van der Waals surface area contributed by atoms with Crippen LogP contribution in [-0.4, -0.2) is 17.7 Å². The Labute approximate surface area is 106 Å². The van der Waals surface area contributed by atoms with Crippen molar-refractivity contribution in [2.45, 2.75) is 32.3 Å². The third kappa shape index (κ3) is 2.08. The third-order valence-corrected chi connectivity index (χ3v) is 3.55. The molecule has 1 aromatic carbocycles. The Kier molecular flexibility index (Phi) is 2.96. The van der Waals surface area contributed by atoms with E-state index in [1.165, 1.54) is 0 Å². The lowest BCUT2D eigenvalue weighted by Gasteiger charge is -2.34. The summed E-state index contributed by atoms with van der Waals surface area (Å²) in [6, 6.07) is 5.65. The smallest absolute Gasteiger partial charge is 0.195 e. The zero-order valence-corrected chi connectivity index (χ0v) is 10.6. The summed E-state index contributed by atoms with van der Waals surface area (Å²) in [5.74, 6) is 1.43. The van der Waals surface area contributed by atoms with Crippen LogP contribution in [0.3, 0.4) is 0 Å². The molecule has 0 radical (unpaired) electrons. The van der Waals surface area contributed by atoms with Gasteiger partial charge in [-0.25, -0.2) is 4.98 Å². The molecule has 1 aliphatic rings. The predicted molar refractivity (Wildman–Crippen MR) is 70.3 cm³/mol. The van der Waals surface area contributed by atoms with Gasteiger partial charge < -0.3 is 14.9 Å². The highest BCUT2D eigenvalue weighted by molar-refractivity contribution is 5.85. The molecule has 0 saturated heterocycles. The van der Waals surface area contributed by atoms with Gasteiger partial charge in [-0.2, -0.15) is 0 Å². The van der Waals surface area contributed by atoms with E-state index in [9.17, 15) is 0 Å². The molecule has 0 bridgehead atoms. The van der Waals surface area contributed by atoms with E-state index in [0.29, 0.717) is 17.7 Å². The van der Waals surface area contributed by atoms with E-state index in [1.807, 2.05) is 25.1 Å². The number of aromatic nitrogens is 1. The molecule has 0 atom stereocenters. The average Bonchev–Trinajstić information content (AvgIpc) is 2.71. The molecule has 96 valence electrons. The Balaban J connectivity index is 1.67. The van der Waals surface area contributed by atoms with E-state index >= 15 is 0 Å². The van der Waals surface area contributed by atoms with E-state index in [0.717, 1.165) is 42.9 Å². The van der Waals surface area contributed by atoms with Gasteiger partial charge in [0.2, 0.25) is 0 Å². The summed E-state index contributed by atoms with van der Waals surface area (Å²) in [5, 5.41) is 0. The fourth-order valence-electron chi connectivity index (χ4n) is 2.56. The minimum atomic E-state index is 0.439. The van der Waals surface area contributed by atoms with Gasteiger partial charge >= 0.3 is 0 Å². The number of nitrogens with two attached hydrogens (primary N) is 1. The molecule has 4 nitrogen and oxygen atoms in total. The van der Waals surface area contributed by atoms with Crippen molar-refractivity contribution in [3.8, 4) is 0 Å². The van der Waals surface area contributed by atoms with Crippen molar-refractivity contribution in [1.82, 2.24) is 4.98 Å². The standard InChI is InChI=1S/C14H18N2O2/c1-2-17-10-6-9(7-10)8-13-16-14-11(15)4-3-5-12(14)18-13/h3-5,9-10H,2,6-8,15H2,1H3. The van der Waals surface area contributed by atoms with E-state index in [2.05, 4.69) is 4.98 Å². The summed E-state index contributed by atoms with van der Waals surface area (Å²) in [5.41, 5.74) is 8.12.